The van der Waals surface area contributed by atoms with Crippen LogP contribution in [0.15, 0.2) is 53.4 Å². The molecule has 0 spiro atoms. The maximum atomic E-state index is 11.9. The van der Waals surface area contributed by atoms with Gasteiger partial charge in [0.2, 0.25) is 11.6 Å². The Balaban J connectivity index is 1.84. The second-order valence-electron chi connectivity index (χ2n) is 5.23. The summed E-state index contributed by atoms with van der Waals surface area (Å²) in [7, 11) is 0. The highest BCUT2D eigenvalue weighted by molar-refractivity contribution is 5.92. The summed E-state index contributed by atoms with van der Waals surface area (Å²) in [5.41, 5.74) is 5.93. The number of furan rings is 1. The molecule has 2 aromatic heterocycles. The lowest BCUT2D eigenvalue weighted by Gasteiger charge is -2.10. The zero-order valence-corrected chi connectivity index (χ0v) is 13.6. The van der Waals surface area contributed by atoms with Crippen LogP contribution in [-0.2, 0) is 0 Å². The van der Waals surface area contributed by atoms with Crippen molar-refractivity contribution < 1.29 is 14.1 Å². The lowest BCUT2D eigenvalue weighted by atomic mass is 10.2. The first-order chi connectivity index (χ1) is 12.5. The highest BCUT2D eigenvalue weighted by atomic mass is 16.6. The van der Waals surface area contributed by atoms with E-state index in [0.29, 0.717) is 5.69 Å². The van der Waals surface area contributed by atoms with E-state index in [0.717, 1.165) is 11.9 Å². The van der Waals surface area contributed by atoms with Crippen LogP contribution in [0, 0.1) is 17.0 Å². The van der Waals surface area contributed by atoms with E-state index >= 15 is 0 Å². The van der Waals surface area contributed by atoms with Gasteiger partial charge in [0.05, 0.1) is 11.2 Å². The molecule has 0 saturated carbocycles. The third-order valence-electron chi connectivity index (χ3n) is 3.33. The van der Waals surface area contributed by atoms with Crippen molar-refractivity contribution in [3.8, 4) is 0 Å². The molecule has 0 atom stereocenters. The van der Waals surface area contributed by atoms with Crippen LogP contribution in [0.2, 0.25) is 0 Å². The third kappa shape index (κ3) is 3.75. The van der Waals surface area contributed by atoms with Crippen molar-refractivity contribution >= 4 is 28.9 Å². The summed E-state index contributed by atoms with van der Waals surface area (Å²) in [6.07, 6.45) is 2.48. The number of aryl methyl sites for hydroxylation is 1. The lowest BCUT2D eigenvalue weighted by molar-refractivity contribution is -0.383. The summed E-state index contributed by atoms with van der Waals surface area (Å²) >= 11 is 0. The number of hydrazine groups is 1. The maximum Gasteiger partial charge on any atom is 0.355 e. The molecule has 0 aliphatic rings. The molecule has 2 heterocycles. The van der Waals surface area contributed by atoms with Crippen molar-refractivity contribution in [3.05, 3.63) is 70.4 Å². The van der Waals surface area contributed by atoms with Crippen LogP contribution in [-0.4, -0.2) is 20.8 Å². The predicted molar refractivity (Wildman–Crippen MR) is 92.9 cm³/mol. The first kappa shape index (κ1) is 16.9. The Morgan fingerprint density at radius 2 is 2.00 bits per heavy atom. The number of aromatic nitrogens is 2. The second-order valence-corrected chi connectivity index (χ2v) is 5.23. The Labute approximate surface area is 147 Å². The van der Waals surface area contributed by atoms with Crippen LogP contribution in [0.4, 0.5) is 23.0 Å². The van der Waals surface area contributed by atoms with Crippen molar-refractivity contribution in [2.75, 3.05) is 10.7 Å². The van der Waals surface area contributed by atoms with Crippen LogP contribution in [0.25, 0.3) is 0 Å². The molecule has 0 aliphatic carbocycles. The van der Waals surface area contributed by atoms with Gasteiger partial charge in [-0.15, -0.1) is 0 Å². The average Bonchev–Trinajstić information content (AvgIpc) is 3.14. The minimum absolute atomic E-state index is 0.00894. The van der Waals surface area contributed by atoms with Crippen molar-refractivity contribution in [2.24, 2.45) is 0 Å². The second kappa shape index (κ2) is 7.30. The normalized spacial score (nSPS) is 10.2. The van der Waals surface area contributed by atoms with Gasteiger partial charge in [0.15, 0.2) is 5.76 Å². The zero-order valence-electron chi connectivity index (χ0n) is 13.6. The molecule has 0 fully saturated rings. The van der Waals surface area contributed by atoms with Gasteiger partial charge in [-0.25, -0.2) is 9.97 Å². The van der Waals surface area contributed by atoms with Crippen LogP contribution in [0.1, 0.15) is 16.1 Å². The summed E-state index contributed by atoms with van der Waals surface area (Å²) in [6, 6.07) is 10.3. The number of carbonyl (C=O) groups is 1. The van der Waals surface area contributed by atoms with E-state index in [9.17, 15) is 14.9 Å². The fraction of sp³-hybridized carbons (Fsp3) is 0.0625. The standard InChI is InChI=1S/C16H14N6O4/c1-10-4-2-5-11(8-10)19-14-13(22(24)25)15(18-9-17-14)20-21-16(23)12-6-3-7-26-12/h2-9H,1H3,(H,21,23)(H2,17,18,19,20). The largest absolute Gasteiger partial charge is 0.459 e. The summed E-state index contributed by atoms with van der Waals surface area (Å²) < 4.78 is 4.94. The number of rotatable bonds is 6. The molecule has 10 nitrogen and oxygen atoms in total. The number of benzene rings is 1. The Bertz CT molecular complexity index is 942. The van der Waals surface area contributed by atoms with Crippen molar-refractivity contribution in [3.63, 3.8) is 0 Å². The highest BCUT2D eigenvalue weighted by Crippen LogP contribution is 2.30. The Morgan fingerprint density at radius 1 is 1.19 bits per heavy atom. The summed E-state index contributed by atoms with van der Waals surface area (Å²) in [4.78, 5) is 30.5. The molecule has 3 rings (SSSR count). The van der Waals surface area contributed by atoms with Crippen LogP contribution in [0.3, 0.4) is 0 Å². The lowest BCUT2D eigenvalue weighted by Crippen LogP contribution is -2.30. The van der Waals surface area contributed by atoms with Gasteiger partial charge in [0, 0.05) is 5.69 Å². The molecule has 10 heteroatoms. The Hall–Kier alpha value is -3.95. The first-order valence-electron chi connectivity index (χ1n) is 7.47. The number of nitrogens with zero attached hydrogens (tertiary/aromatic N) is 3. The molecule has 0 unspecified atom stereocenters. The number of hydrogen-bond acceptors (Lipinski definition) is 8. The van der Waals surface area contributed by atoms with Gasteiger partial charge < -0.3 is 9.73 Å². The fourth-order valence-corrected chi connectivity index (χ4v) is 2.18. The Morgan fingerprint density at radius 3 is 2.69 bits per heavy atom. The minimum Gasteiger partial charge on any atom is -0.459 e. The van der Waals surface area contributed by atoms with E-state index in [1.165, 1.54) is 12.3 Å². The van der Waals surface area contributed by atoms with E-state index in [1.54, 1.807) is 12.1 Å². The molecule has 3 aromatic rings. The maximum absolute atomic E-state index is 11.9. The predicted octanol–water partition coefficient (Wildman–Crippen LogP) is 2.79. The summed E-state index contributed by atoms with van der Waals surface area (Å²) in [5, 5.41) is 14.4. The van der Waals surface area contributed by atoms with Crippen LogP contribution in [0.5, 0.6) is 0 Å². The molecule has 1 aromatic carbocycles. The monoisotopic (exact) mass is 354 g/mol. The summed E-state index contributed by atoms with van der Waals surface area (Å²) in [5.74, 6) is -0.728. The van der Waals surface area contributed by atoms with Gasteiger partial charge in [0.25, 0.3) is 0 Å². The van der Waals surface area contributed by atoms with E-state index < -0.39 is 16.5 Å². The molecule has 0 radical (unpaired) electrons. The number of anilines is 3. The first-order valence-corrected chi connectivity index (χ1v) is 7.47. The van der Waals surface area contributed by atoms with Crippen LogP contribution < -0.4 is 16.2 Å². The van der Waals surface area contributed by atoms with Crippen molar-refractivity contribution in [1.29, 1.82) is 0 Å². The van der Waals surface area contributed by atoms with Gasteiger partial charge in [-0.3, -0.25) is 25.8 Å². The van der Waals surface area contributed by atoms with Crippen LogP contribution >= 0.6 is 0 Å². The van der Waals surface area contributed by atoms with Gasteiger partial charge >= 0.3 is 11.6 Å². The number of nitrogens with one attached hydrogen (secondary N) is 3. The van der Waals surface area contributed by atoms with Gasteiger partial charge in [-0.1, -0.05) is 12.1 Å². The Kier molecular flexibility index (Phi) is 4.74. The van der Waals surface area contributed by atoms with Gasteiger partial charge in [0.1, 0.15) is 6.33 Å². The molecule has 1 amide bonds. The minimum atomic E-state index is -0.639. The van der Waals surface area contributed by atoms with E-state index in [1.807, 2.05) is 25.1 Å². The SMILES string of the molecule is Cc1cccc(Nc2ncnc(NNC(=O)c3ccco3)c2[N+](=O)[O-])c1. The van der Waals surface area contributed by atoms with E-state index in [-0.39, 0.29) is 17.4 Å². The average molecular weight is 354 g/mol. The molecule has 3 N–H and O–H groups in total. The van der Waals surface area contributed by atoms with E-state index in [2.05, 4.69) is 26.1 Å². The highest BCUT2D eigenvalue weighted by Gasteiger charge is 2.24. The van der Waals surface area contributed by atoms with Crippen molar-refractivity contribution in [2.45, 2.75) is 6.92 Å². The molecular formula is C16H14N6O4. The number of amides is 1. The molecule has 0 aliphatic heterocycles. The van der Waals surface area contributed by atoms with Gasteiger partial charge in [-0.2, -0.15) is 0 Å². The smallest absolute Gasteiger partial charge is 0.355 e. The molecule has 0 saturated heterocycles. The number of nitro groups is 1. The number of carbonyl (C=O) groups excluding carboxylic acids is 1. The molecular weight excluding hydrogens is 340 g/mol. The number of hydrogen-bond donors (Lipinski definition) is 3. The van der Waals surface area contributed by atoms with Crippen molar-refractivity contribution in [1.82, 2.24) is 15.4 Å². The molecule has 0 bridgehead atoms. The van der Waals surface area contributed by atoms with E-state index in [4.69, 9.17) is 4.42 Å². The van der Waals surface area contributed by atoms with Gasteiger partial charge in [-0.05, 0) is 36.8 Å². The third-order valence-corrected chi connectivity index (χ3v) is 3.33. The summed E-state index contributed by atoms with van der Waals surface area (Å²) in [6.45, 7) is 1.90. The molecule has 132 valence electrons. The topological polar surface area (TPSA) is 135 Å². The molecule has 26 heavy (non-hydrogen) atoms. The quantitative estimate of drug-likeness (QED) is 0.454. The zero-order chi connectivity index (χ0) is 18.5. The fourth-order valence-electron chi connectivity index (χ4n) is 2.18.